The molecule has 90 valence electrons. The van der Waals surface area contributed by atoms with Crippen LogP contribution in [0.4, 0.5) is 0 Å². The third-order valence-corrected chi connectivity index (χ3v) is 4.63. The monoisotopic (exact) mass is 232 g/mol. The largest absolute Gasteiger partial charge is 0.375 e. The normalized spacial score (nSPS) is 36.6. The van der Waals surface area contributed by atoms with Crippen molar-refractivity contribution >= 4 is 11.6 Å². The van der Waals surface area contributed by atoms with Crippen LogP contribution in [0.2, 0.25) is 0 Å². The summed E-state index contributed by atoms with van der Waals surface area (Å²) in [7, 11) is 0. The van der Waals surface area contributed by atoms with Crippen LogP contribution in [-0.2, 0) is 0 Å². The van der Waals surface area contributed by atoms with E-state index in [1.165, 1.54) is 12.8 Å². The number of aliphatic hydroxyl groups is 1. The average Bonchev–Trinajstić information content (AvgIpc) is 2.17. The van der Waals surface area contributed by atoms with E-state index in [-0.39, 0.29) is 5.92 Å². The molecule has 0 bridgehead atoms. The van der Waals surface area contributed by atoms with Crippen LogP contribution in [0.15, 0.2) is 0 Å². The first-order valence-electron chi connectivity index (χ1n) is 6.29. The molecule has 1 rings (SSSR count). The molecule has 1 saturated carbocycles. The molecular formula is C13H25ClO. The average molecular weight is 233 g/mol. The van der Waals surface area contributed by atoms with E-state index in [4.69, 9.17) is 11.6 Å². The molecule has 0 spiro atoms. The van der Waals surface area contributed by atoms with Gasteiger partial charge in [-0.3, -0.25) is 0 Å². The Kier molecular flexibility index (Phi) is 4.49. The first kappa shape index (κ1) is 13.3. The Balaban J connectivity index is 2.79. The highest BCUT2D eigenvalue weighted by atomic mass is 35.5. The maximum atomic E-state index is 10.3. The fourth-order valence-electron chi connectivity index (χ4n) is 2.97. The smallest absolute Gasteiger partial charge is 0.141 e. The molecule has 1 N–H and O–H groups in total. The van der Waals surface area contributed by atoms with Gasteiger partial charge in [-0.15, -0.1) is 0 Å². The summed E-state index contributed by atoms with van der Waals surface area (Å²) in [4.78, 5) is 0. The molecule has 1 aliphatic rings. The number of halogens is 1. The van der Waals surface area contributed by atoms with Crippen LogP contribution in [0.5, 0.6) is 0 Å². The zero-order valence-electron chi connectivity index (χ0n) is 10.5. The van der Waals surface area contributed by atoms with E-state index in [0.717, 1.165) is 6.42 Å². The maximum absolute atomic E-state index is 10.3. The summed E-state index contributed by atoms with van der Waals surface area (Å²) in [6, 6.07) is 0. The summed E-state index contributed by atoms with van der Waals surface area (Å²) >= 11 is 6.26. The van der Waals surface area contributed by atoms with Crippen molar-refractivity contribution in [3.63, 3.8) is 0 Å². The van der Waals surface area contributed by atoms with Crippen molar-refractivity contribution in [2.75, 3.05) is 0 Å². The van der Waals surface area contributed by atoms with Crippen LogP contribution in [0.1, 0.15) is 53.4 Å². The second-order valence-electron chi connectivity index (χ2n) is 5.60. The van der Waals surface area contributed by atoms with Crippen molar-refractivity contribution in [2.45, 2.75) is 58.4 Å². The van der Waals surface area contributed by atoms with Crippen LogP contribution in [0, 0.1) is 23.7 Å². The van der Waals surface area contributed by atoms with Gasteiger partial charge >= 0.3 is 0 Å². The number of alkyl halides is 1. The highest BCUT2D eigenvalue weighted by Gasteiger charge is 2.42. The molecule has 15 heavy (non-hydrogen) atoms. The van der Waals surface area contributed by atoms with Gasteiger partial charge in [-0.2, -0.15) is 0 Å². The summed E-state index contributed by atoms with van der Waals surface area (Å²) in [5, 5.41) is 9.27. The highest BCUT2D eigenvalue weighted by Crippen LogP contribution is 2.45. The number of hydrogen-bond donors (Lipinski definition) is 1. The van der Waals surface area contributed by atoms with E-state index in [9.17, 15) is 5.11 Å². The Bertz CT molecular complexity index is 201. The van der Waals surface area contributed by atoms with E-state index < -0.39 is 5.06 Å². The van der Waals surface area contributed by atoms with Gasteiger partial charge in [0.15, 0.2) is 0 Å². The second kappa shape index (κ2) is 5.05. The Morgan fingerprint density at radius 3 is 2.47 bits per heavy atom. The molecule has 1 aliphatic carbocycles. The maximum Gasteiger partial charge on any atom is 0.141 e. The standard InChI is InChI=1S/C13H25ClO/c1-5-13(14,15)12-8-10(4)6-7-11(12)9(2)3/h9-12,15H,5-8H2,1-4H3. The van der Waals surface area contributed by atoms with Crippen molar-refractivity contribution < 1.29 is 5.11 Å². The molecule has 0 aromatic heterocycles. The molecule has 2 heteroatoms. The lowest BCUT2D eigenvalue weighted by Crippen LogP contribution is -2.42. The molecule has 0 aromatic carbocycles. The van der Waals surface area contributed by atoms with Crippen LogP contribution in [0.3, 0.4) is 0 Å². The van der Waals surface area contributed by atoms with Crippen molar-refractivity contribution in [1.29, 1.82) is 0 Å². The minimum Gasteiger partial charge on any atom is -0.375 e. The van der Waals surface area contributed by atoms with E-state index in [0.29, 0.717) is 24.2 Å². The van der Waals surface area contributed by atoms with Crippen molar-refractivity contribution in [3.8, 4) is 0 Å². The molecular weight excluding hydrogens is 208 g/mol. The Labute approximate surface area is 99.2 Å². The molecule has 4 atom stereocenters. The minimum absolute atomic E-state index is 0.271. The lowest BCUT2D eigenvalue weighted by atomic mass is 9.67. The van der Waals surface area contributed by atoms with Gasteiger partial charge in [-0.05, 0) is 37.0 Å². The lowest BCUT2D eigenvalue weighted by molar-refractivity contribution is -0.0173. The van der Waals surface area contributed by atoms with Gasteiger partial charge in [0.25, 0.3) is 0 Å². The van der Waals surface area contributed by atoms with Gasteiger partial charge in [0.2, 0.25) is 0 Å². The SMILES string of the molecule is CCC(O)(Cl)C1CC(C)CCC1C(C)C. The van der Waals surface area contributed by atoms with Gasteiger partial charge < -0.3 is 5.11 Å². The molecule has 1 nitrogen and oxygen atoms in total. The molecule has 0 saturated heterocycles. The molecule has 0 heterocycles. The molecule has 1 fully saturated rings. The zero-order valence-corrected chi connectivity index (χ0v) is 11.2. The summed E-state index contributed by atoms with van der Waals surface area (Å²) in [5.41, 5.74) is 0. The summed E-state index contributed by atoms with van der Waals surface area (Å²) in [6.45, 7) is 8.74. The van der Waals surface area contributed by atoms with Gasteiger partial charge in [0, 0.05) is 5.92 Å². The van der Waals surface area contributed by atoms with Crippen LogP contribution in [-0.4, -0.2) is 10.2 Å². The Morgan fingerprint density at radius 1 is 1.40 bits per heavy atom. The van der Waals surface area contributed by atoms with Gasteiger partial charge in [-0.1, -0.05) is 45.7 Å². The molecule has 0 aliphatic heterocycles. The van der Waals surface area contributed by atoms with Crippen LogP contribution < -0.4 is 0 Å². The summed E-state index contributed by atoms with van der Waals surface area (Å²) in [5.74, 6) is 2.19. The molecule has 4 unspecified atom stereocenters. The van der Waals surface area contributed by atoms with Crippen molar-refractivity contribution in [2.24, 2.45) is 23.7 Å². The fourth-order valence-corrected chi connectivity index (χ4v) is 3.22. The number of hydrogen-bond acceptors (Lipinski definition) is 1. The first-order chi connectivity index (χ1) is 6.88. The van der Waals surface area contributed by atoms with E-state index in [1.54, 1.807) is 0 Å². The highest BCUT2D eigenvalue weighted by molar-refractivity contribution is 6.22. The number of rotatable bonds is 3. The van der Waals surface area contributed by atoms with Gasteiger partial charge in [0.05, 0.1) is 0 Å². The van der Waals surface area contributed by atoms with E-state index >= 15 is 0 Å². The fraction of sp³-hybridized carbons (Fsp3) is 1.00. The third kappa shape index (κ3) is 3.10. The van der Waals surface area contributed by atoms with Crippen molar-refractivity contribution in [3.05, 3.63) is 0 Å². The van der Waals surface area contributed by atoms with Gasteiger partial charge in [-0.25, -0.2) is 0 Å². The quantitative estimate of drug-likeness (QED) is 0.729. The van der Waals surface area contributed by atoms with E-state index in [1.807, 2.05) is 6.92 Å². The topological polar surface area (TPSA) is 20.2 Å². The Hall–Kier alpha value is 0.250. The Morgan fingerprint density at radius 2 is 2.00 bits per heavy atom. The second-order valence-corrected chi connectivity index (χ2v) is 6.26. The predicted molar refractivity (Wildman–Crippen MR) is 65.9 cm³/mol. The van der Waals surface area contributed by atoms with Crippen LogP contribution >= 0.6 is 11.6 Å². The minimum atomic E-state index is -0.983. The van der Waals surface area contributed by atoms with Gasteiger partial charge in [0.1, 0.15) is 5.06 Å². The first-order valence-corrected chi connectivity index (χ1v) is 6.67. The zero-order chi connectivity index (χ0) is 11.6. The molecule has 0 radical (unpaired) electrons. The van der Waals surface area contributed by atoms with E-state index in [2.05, 4.69) is 20.8 Å². The molecule has 0 amide bonds. The lowest BCUT2D eigenvalue weighted by Gasteiger charge is -2.43. The molecule has 0 aromatic rings. The van der Waals surface area contributed by atoms with Crippen molar-refractivity contribution in [1.82, 2.24) is 0 Å². The summed E-state index contributed by atoms with van der Waals surface area (Å²) < 4.78 is 0. The third-order valence-electron chi connectivity index (χ3n) is 4.09. The summed E-state index contributed by atoms with van der Waals surface area (Å²) in [6.07, 6.45) is 4.24. The van der Waals surface area contributed by atoms with Crippen LogP contribution in [0.25, 0.3) is 0 Å². The predicted octanol–water partition coefficient (Wildman–Crippen LogP) is 4.03.